The van der Waals surface area contributed by atoms with Crippen molar-refractivity contribution in [3.8, 4) is 0 Å². The molecule has 104 valence electrons. The summed E-state index contributed by atoms with van der Waals surface area (Å²) in [7, 11) is 0. The van der Waals surface area contributed by atoms with Crippen molar-refractivity contribution in [1.29, 1.82) is 0 Å². The Hall–Kier alpha value is -1.10. The van der Waals surface area contributed by atoms with Crippen molar-refractivity contribution in [1.82, 2.24) is 4.90 Å². The number of fused-ring (bicyclic) bond motifs is 5. The Kier molecular flexibility index (Phi) is 2.29. The lowest BCUT2D eigenvalue weighted by atomic mass is 10.0. The minimum atomic E-state index is -0.987. The Labute approximate surface area is 111 Å². The van der Waals surface area contributed by atoms with E-state index in [0.717, 1.165) is 0 Å². The van der Waals surface area contributed by atoms with Gasteiger partial charge in [-0.3, -0.25) is 4.79 Å². The number of nitrogens with zero attached hydrogens (tertiary/aromatic N) is 1. The first-order chi connectivity index (χ1) is 9.08. The molecule has 0 radical (unpaired) electrons. The van der Waals surface area contributed by atoms with Gasteiger partial charge in [-0.05, 0) is 42.9 Å². The fraction of sp³-hybridized carbons (Fsp3) is 0.857. The quantitative estimate of drug-likeness (QED) is 0.754. The summed E-state index contributed by atoms with van der Waals surface area (Å²) in [4.78, 5) is 25.2. The van der Waals surface area contributed by atoms with Crippen molar-refractivity contribution in [2.24, 2.45) is 29.6 Å². The number of aliphatic carboxylic acids is 1. The Bertz CT molecular complexity index is 435. The molecule has 4 unspecified atom stereocenters. The zero-order valence-corrected chi connectivity index (χ0v) is 10.7. The van der Waals surface area contributed by atoms with Crippen molar-refractivity contribution >= 4 is 11.9 Å². The van der Waals surface area contributed by atoms with Crippen LogP contribution < -0.4 is 0 Å². The first-order valence-electron chi connectivity index (χ1n) is 7.29. The largest absolute Gasteiger partial charge is 0.480 e. The van der Waals surface area contributed by atoms with Gasteiger partial charge in [0.25, 0.3) is 0 Å². The molecular weight excluding hydrogens is 246 g/mol. The van der Waals surface area contributed by atoms with Crippen LogP contribution in [0.1, 0.15) is 25.7 Å². The second-order valence-electron chi connectivity index (χ2n) is 6.75. The number of β-amino-alcohol motifs (C(OH)–C–C–N with tert-alkyl or cyclic N) is 1. The summed E-state index contributed by atoms with van der Waals surface area (Å²) < 4.78 is 0. The average Bonchev–Trinajstić information content (AvgIpc) is 2.73. The average molecular weight is 265 g/mol. The molecule has 3 saturated carbocycles. The van der Waals surface area contributed by atoms with E-state index in [1.165, 1.54) is 24.2 Å². The molecule has 1 amide bonds. The Balaban J connectivity index is 1.51. The molecule has 3 aliphatic carbocycles. The molecule has 1 heterocycles. The Morgan fingerprint density at radius 3 is 2.26 bits per heavy atom. The van der Waals surface area contributed by atoms with Crippen molar-refractivity contribution in [3.05, 3.63) is 0 Å². The maximum atomic E-state index is 12.6. The minimum absolute atomic E-state index is 0.00412. The lowest BCUT2D eigenvalue weighted by molar-refractivity contribution is -0.149. The number of aliphatic hydroxyl groups excluding tert-OH is 1. The second-order valence-corrected chi connectivity index (χ2v) is 6.75. The van der Waals surface area contributed by atoms with Crippen molar-refractivity contribution < 1.29 is 19.8 Å². The molecule has 4 rings (SSSR count). The zero-order chi connectivity index (χ0) is 13.3. The van der Waals surface area contributed by atoms with Gasteiger partial charge in [-0.25, -0.2) is 4.79 Å². The standard InChI is InChI=1S/C14H19NO4/c16-8-4-9(14(18)19)15(5-8)13(17)12-10-6-1-2-7(3-6)11(10)12/h6-12,16H,1-5H2,(H,18,19)/t6?,7?,8-,9+,10?,11?,12?/m1/s1. The third-order valence-electron chi connectivity index (χ3n) is 5.87. The fourth-order valence-electron chi connectivity index (χ4n) is 5.14. The zero-order valence-electron chi connectivity index (χ0n) is 10.7. The molecule has 0 aromatic carbocycles. The Morgan fingerprint density at radius 2 is 1.68 bits per heavy atom. The molecule has 4 aliphatic rings. The van der Waals surface area contributed by atoms with Crippen LogP contribution in [-0.2, 0) is 9.59 Å². The molecule has 6 atom stereocenters. The van der Waals surface area contributed by atoms with Gasteiger partial charge in [0.2, 0.25) is 5.91 Å². The topological polar surface area (TPSA) is 77.8 Å². The highest BCUT2D eigenvalue weighted by molar-refractivity contribution is 5.88. The number of aliphatic hydroxyl groups is 1. The number of carboxylic acid groups (broad SMARTS) is 1. The lowest BCUT2D eigenvalue weighted by Gasteiger charge is -2.22. The summed E-state index contributed by atoms with van der Waals surface area (Å²) in [6, 6.07) is -0.818. The maximum absolute atomic E-state index is 12.6. The van der Waals surface area contributed by atoms with Gasteiger partial charge < -0.3 is 15.1 Å². The van der Waals surface area contributed by atoms with E-state index in [2.05, 4.69) is 0 Å². The van der Waals surface area contributed by atoms with Crippen LogP contribution in [0.3, 0.4) is 0 Å². The van der Waals surface area contributed by atoms with Crippen LogP contribution in [0.25, 0.3) is 0 Å². The molecule has 5 nitrogen and oxygen atoms in total. The van der Waals surface area contributed by atoms with Gasteiger partial charge >= 0.3 is 5.97 Å². The number of likely N-dealkylation sites (tertiary alicyclic amines) is 1. The van der Waals surface area contributed by atoms with Crippen LogP contribution in [0.4, 0.5) is 0 Å². The van der Waals surface area contributed by atoms with Crippen LogP contribution in [0.5, 0.6) is 0 Å². The number of carbonyl (C=O) groups excluding carboxylic acids is 1. The van der Waals surface area contributed by atoms with Crippen LogP contribution in [0.15, 0.2) is 0 Å². The molecule has 4 fully saturated rings. The van der Waals surface area contributed by atoms with E-state index in [1.54, 1.807) is 0 Å². The summed E-state index contributed by atoms with van der Waals surface area (Å²) in [6.07, 6.45) is 3.28. The van der Waals surface area contributed by atoms with E-state index in [0.29, 0.717) is 23.7 Å². The molecule has 2 bridgehead atoms. The number of rotatable bonds is 2. The van der Waals surface area contributed by atoms with Gasteiger partial charge in [-0.2, -0.15) is 0 Å². The highest BCUT2D eigenvalue weighted by Crippen LogP contribution is 2.69. The van der Waals surface area contributed by atoms with E-state index >= 15 is 0 Å². The number of hydrogen-bond donors (Lipinski definition) is 2. The van der Waals surface area contributed by atoms with Crippen LogP contribution in [0.2, 0.25) is 0 Å². The summed E-state index contributed by atoms with van der Waals surface area (Å²) in [6.45, 7) is 0.196. The summed E-state index contributed by atoms with van der Waals surface area (Å²) in [5.41, 5.74) is 0. The maximum Gasteiger partial charge on any atom is 0.326 e. The van der Waals surface area contributed by atoms with Crippen molar-refractivity contribution in [2.45, 2.75) is 37.8 Å². The number of carboxylic acids is 1. The fourth-order valence-corrected chi connectivity index (χ4v) is 5.14. The summed E-state index contributed by atoms with van der Waals surface area (Å²) >= 11 is 0. The monoisotopic (exact) mass is 265 g/mol. The normalized spacial score (nSPS) is 50.4. The molecule has 0 aromatic rings. The number of carbonyl (C=O) groups is 2. The predicted octanol–water partition coefficient (Wildman–Crippen LogP) is 0.325. The van der Waals surface area contributed by atoms with Crippen LogP contribution >= 0.6 is 0 Å². The van der Waals surface area contributed by atoms with Crippen LogP contribution in [-0.4, -0.2) is 45.7 Å². The van der Waals surface area contributed by atoms with E-state index in [9.17, 15) is 14.7 Å². The molecular formula is C14H19NO4. The molecule has 2 N–H and O–H groups in total. The first-order valence-corrected chi connectivity index (χ1v) is 7.29. The van der Waals surface area contributed by atoms with Crippen molar-refractivity contribution in [2.75, 3.05) is 6.54 Å². The number of hydrogen-bond acceptors (Lipinski definition) is 3. The predicted molar refractivity (Wildman–Crippen MR) is 65.1 cm³/mol. The smallest absolute Gasteiger partial charge is 0.326 e. The summed E-state index contributed by atoms with van der Waals surface area (Å²) in [5, 5.41) is 18.8. The lowest BCUT2D eigenvalue weighted by Crippen LogP contribution is -2.42. The van der Waals surface area contributed by atoms with Gasteiger partial charge in [-0.1, -0.05) is 0 Å². The van der Waals surface area contributed by atoms with Gasteiger partial charge in [0.15, 0.2) is 0 Å². The Morgan fingerprint density at radius 1 is 1.05 bits per heavy atom. The van der Waals surface area contributed by atoms with Crippen molar-refractivity contribution in [3.63, 3.8) is 0 Å². The molecule has 0 aromatic heterocycles. The van der Waals surface area contributed by atoms with Gasteiger partial charge in [0, 0.05) is 18.9 Å². The highest BCUT2D eigenvalue weighted by Gasteiger charge is 2.68. The van der Waals surface area contributed by atoms with E-state index in [1.807, 2.05) is 0 Å². The van der Waals surface area contributed by atoms with E-state index in [4.69, 9.17) is 5.11 Å². The highest BCUT2D eigenvalue weighted by atomic mass is 16.4. The summed E-state index contributed by atoms with van der Waals surface area (Å²) in [5.74, 6) is 1.55. The third kappa shape index (κ3) is 1.51. The minimum Gasteiger partial charge on any atom is -0.480 e. The van der Waals surface area contributed by atoms with Gasteiger partial charge in [0.05, 0.1) is 6.10 Å². The molecule has 1 aliphatic heterocycles. The van der Waals surface area contributed by atoms with Gasteiger partial charge in [0.1, 0.15) is 6.04 Å². The van der Waals surface area contributed by atoms with Crippen LogP contribution in [0, 0.1) is 29.6 Å². The first kappa shape index (κ1) is 11.7. The number of amides is 1. The second kappa shape index (κ2) is 3.72. The van der Waals surface area contributed by atoms with E-state index < -0.39 is 18.1 Å². The SMILES string of the molecule is O=C(O)[C@@H]1C[C@@H](O)CN1C(=O)C1C2C3CCC(C3)C12. The molecule has 5 heteroatoms. The molecule has 1 saturated heterocycles. The molecule has 0 spiro atoms. The molecule has 19 heavy (non-hydrogen) atoms. The van der Waals surface area contributed by atoms with Gasteiger partial charge in [-0.15, -0.1) is 0 Å². The third-order valence-corrected chi connectivity index (χ3v) is 5.87. The van der Waals surface area contributed by atoms with E-state index in [-0.39, 0.29) is 24.8 Å².